The van der Waals surface area contributed by atoms with Crippen molar-refractivity contribution in [1.29, 1.82) is 0 Å². The van der Waals surface area contributed by atoms with Gasteiger partial charge >= 0.3 is 6.36 Å². The van der Waals surface area contributed by atoms with Crippen molar-refractivity contribution in [2.24, 2.45) is 4.36 Å². The van der Waals surface area contributed by atoms with Crippen molar-refractivity contribution >= 4 is 21.3 Å². The van der Waals surface area contributed by atoms with Crippen molar-refractivity contribution in [2.45, 2.75) is 29.4 Å². The molecule has 2 aliphatic heterocycles. The number of aliphatic hydroxyl groups is 1. The zero-order valence-electron chi connectivity index (χ0n) is 19.6. The molecule has 1 fully saturated rings. The van der Waals surface area contributed by atoms with Crippen LogP contribution in [0.1, 0.15) is 0 Å². The Labute approximate surface area is 211 Å². The van der Waals surface area contributed by atoms with Gasteiger partial charge in [0.25, 0.3) is 0 Å². The Balaban J connectivity index is 1.42. The molecule has 2 N–H and O–H groups in total. The van der Waals surface area contributed by atoms with E-state index in [2.05, 4.69) is 13.8 Å². The van der Waals surface area contributed by atoms with Gasteiger partial charge in [-0.1, -0.05) is 24.3 Å². The fourth-order valence-corrected chi connectivity index (χ4v) is 6.03. The zero-order chi connectivity index (χ0) is 26.2. The molecule has 12 heteroatoms. The van der Waals surface area contributed by atoms with Crippen LogP contribution in [0, 0.1) is 0 Å². The summed E-state index contributed by atoms with van der Waals surface area (Å²) in [6.45, 7) is 0.239. The van der Waals surface area contributed by atoms with Crippen LogP contribution in [-0.4, -0.2) is 54.1 Å². The number of hydrogen-bond donors (Lipinski definition) is 2. The molecular weight excluding hydrogens is 511 g/mol. The van der Waals surface area contributed by atoms with Crippen molar-refractivity contribution in [1.82, 2.24) is 4.72 Å². The summed E-state index contributed by atoms with van der Waals surface area (Å²) in [6, 6.07) is 18.1. The molecule has 0 amide bonds. The quantitative estimate of drug-likeness (QED) is 0.496. The molecule has 5 rings (SSSR count). The van der Waals surface area contributed by atoms with Gasteiger partial charge in [-0.2, -0.15) is 0 Å². The van der Waals surface area contributed by atoms with Crippen LogP contribution >= 0.6 is 0 Å². The molecule has 0 aromatic heterocycles. The average molecular weight is 536 g/mol. The lowest BCUT2D eigenvalue weighted by atomic mass is 9.98. The zero-order valence-corrected chi connectivity index (χ0v) is 20.4. The monoisotopic (exact) mass is 535 g/mol. The van der Waals surface area contributed by atoms with E-state index in [4.69, 9.17) is 9.47 Å². The molecule has 8 nitrogen and oxygen atoms in total. The second-order valence-corrected chi connectivity index (χ2v) is 10.6. The first-order chi connectivity index (χ1) is 17.7. The highest BCUT2D eigenvalue weighted by atomic mass is 32.2. The van der Waals surface area contributed by atoms with Gasteiger partial charge < -0.3 is 24.2 Å². The van der Waals surface area contributed by atoms with E-state index in [-0.39, 0.29) is 18.1 Å². The van der Waals surface area contributed by atoms with Gasteiger partial charge in [0, 0.05) is 7.05 Å². The molecule has 0 aliphatic carbocycles. The number of anilines is 2. The van der Waals surface area contributed by atoms with Gasteiger partial charge in [0.05, 0.1) is 47.7 Å². The van der Waals surface area contributed by atoms with E-state index in [1.54, 1.807) is 0 Å². The number of rotatable bonds is 5. The number of alkyl halides is 3. The summed E-state index contributed by atoms with van der Waals surface area (Å²) in [4.78, 5) is 2.09. The van der Waals surface area contributed by atoms with Crippen LogP contribution in [0.4, 0.5) is 24.5 Å². The van der Waals surface area contributed by atoms with E-state index in [0.29, 0.717) is 11.5 Å². The summed E-state index contributed by atoms with van der Waals surface area (Å²) >= 11 is 0. The first-order valence-corrected chi connectivity index (χ1v) is 12.9. The maximum Gasteiger partial charge on any atom is 0.573 e. The van der Waals surface area contributed by atoms with E-state index in [1.807, 2.05) is 53.4 Å². The Kier molecular flexibility index (Phi) is 6.75. The normalized spacial score (nSPS) is 22.7. The minimum atomic E-state index is -4.84. The van der Waals surface area contributed by atoms with Crippen LogP contribution in [0.3, 0.4) is 0 Å². The summed E-state index contributed by atoms with van der Waals surface area (Å²) < 4.78 is 73.9. The predicted octanol–water partition coefficient (Wildman–Crippen LogP) is 4.62. The van der Waals surface area contributed by atoms with E-state index >= 15 is 0 Å². The van der Waals surface area contributed by atoms with Gasteiger partial charge in [-0.25, -0.2) is 13.3 Å². The van der Waals surface area contributed by atoms with Gasteiger partial charge in [-0.3, -0.25) is 0 Å². The van der Waals surface area contributed by atoms with Gasteiger partial charge in [-0.05, 0) is 48.5 Å². The lowest BCUT2D eigenvalue weighted by molar-refractivity contribution is -0.274. The number of fused-ring (bicyclic) bond motifs is 2. The van der Waals surface area contributed by atoms with Gasteiger partial charge in [0.1, 0.15) is 15.7 Å². The number of para-hydroxylation sites is 4. The summed E-state index contributed by atoms with van der Waals surface area (Å²) in [5.74, 6) is 0.800. The largest absolute Gasteiger partial charge is 0.573 e. The Morgan fingerprint density at radius 2 is 1.59 bits per heavy atom. The van der Waals surface area contributed by atoms with Crippen molar-refractivity contribution in [2.75, 3.05) is 25.2 Å². The third kappa shape index (κ3) is 5.10. The SMILES string of the molecule is CN=S(=O)(N[C@H]1COC[C@H](N2c3ccccc3Oc3ccccc32)[C@@H]1O)c1ccc(OC(F)(F)F)cc1. The van der Waals surface area contributed by atoms with Crippen molar-refractivity contribution in [3.05, 3.63) is 72.8 Å². The van der Waals surface area contributed by atoms with Gasteiger partial charge in [0.15, 0.2) is 11.5 Å². The fraction of sp³-hybridized carbons (Fsp3) is 0.280. The Morgan fingerprint density at radius 3 is 2.16 bits per heavy atom. The van der Waals surface area contributed by atoms with E-state index in [1.165, 1.54) is 19.2 Å². The van der Waals surface area contributed by atoms with Crippen LogP contribution in [0.5, 0.6) is 17.2 Å². The van der Waals surface area contributed by atoms with Crippen molar-refractivity contribution < 1.29 is 36.7 Å². The summed E-state index contributed by atoms with van der Waals surface area (Å²) in [5, 5.41) is 11.5. The second kappa shape index (κ2) is 9.86. The Bertz CT molecular complexity index is 1350. The summed E-state index contributed by atoms with van der Waals surface area (Å²) in [6.07, 6.45) is -5.89. The maximum atomic E-state index is 13.7. The fourth-order valence-electron chi connectivity index (χ4n) is 4.46. The molecule has 3 aromatic rings. The number of nitrogens with one attached hydrogen (secondary N) is 1. The smallest absolute Gasteiger partial charge is 0.453 e. The number of aliphatic hydroxyl groups excluding tert-OH is 1. The molecule has 37 heavy (non-hydrogen) atoms. The van der Waals surface area contributed by atoms with Gasteiger partial charge in [0.2, 0.25) is 0 Å². The molecule has 0 radical (unpaired) electrons. The predicted molar refractivity (Wildman–Crippen MR) is 131 cm³/mol. The molecule has 2 aliphatic rings. The maximum absolute atomic E-state index is 13.7. The Morgan fingerprint density at radius 1 is 1.00 bits per heavy atom. The first-order valence-electron chi connectivity index (χ1n) is 11.4. The lowest BCUT2D eigenvalue weighted by Crippen LogP contribution is -2.60. The average Bonchev–Trinajstić information content (AvgIpc) is 2.88. The molecule has 0 bridgehead atoms. The second-order valence-electron chi connectivity index (χ2n) is 8.45. The van der Waals surface area contributed by atoms with Crippen molar-refractivity contribution in [3.63, 3.8) is 0 Å². The van der Waals surface area contributed by atoms with Crippen LogP contribution in [0.2, 0.25) is 0 Å². The first kappa shape index (κ1) is 25.3. The molecule has 1 saturated heterocycles. The summed E-state index contributed by atoms with van der Waals surface area (Å²) in [5.41, 5.74) is 1.49. The molecule has 196 valence electrons. The highest BCUT2D eigenvalue weighted by Crippen LogP contribution is 2.48. The Hall–Kier alpha value is -3.32. The molecular formula is C25H24F3N3O5S. The van der Waals surface area contributed by atoms with Crippen LogP contribution in [0.15, 0.2) is 82.1 Å². The van der Waals surface area contributed by atoms with Crippen LogP contribution in [-0.2, 0) is 14.7 Å². The molecule has 3 aromatic carbocycles. The van der Waals surface area contributed by atoms with Crippen molar-refractivity contribution in [3.8, 4) is 17.2 Å². The molecule has 4 atom stereocenters. The minimum Gasteiger partial charge on any atom is -0.453 e. The third-order valence-electron chi connectivity index (χ3n) is 6.14. The van der Waals surface area contributed by atoms with E-state index in [0.717, 1.165) is 23.5 Å². The topological polar surface area (TPSA) is 92.6 Å². The van der Waals surface area contributed by atoms with E-state index in [9.17, 15) is 22.5 Å². The molecule has 1 unspecified atom stereocenters. The molecule has 0 saturated carbocycles. The highest BCUT2D eigenvalue weighted by Gasteiger charge is 2.41. The number of ether oxygens (including phenoxy) is 3. The number of nitrogens with zero attached hydrogens (tertiary/aromatic N) is 2. The highest BCUT2D eigenvalue weighted by molar-refractivity contribution is 7.91. The molecule has 0 spiro atoms. The number of benzene rings is 3. The third-order valence-corrected chi connectivity index (χ3v) is 8.19. The standard InChI is InChI=1S/C25H24F3N3O5S/c1-29-37(33,17-12-10-16(11-13-17)36-25(26,27)28)30-18-14-34-15-21(24(18)32)31-19-6-2-4-8-22(19)35-23-9-5-3-7-20(23)31/h2-13,18,21,24,32H,14-15H2,1H3,(H,29,30,33)/t18-,21-,24+,37?/m0/s1. The molecule has 2 heterocycles. The lowest BCUT2D eigenvalue weighted by Gasteiger charge is -2.44. The van der Waals surface area contributed by atoms with Crippen LogP contribution < -0.4 is 19.1 Å². The van der Waals surface area contributed by atoms with E-state index < -0.39 is 40.2 Å². The van der Waals surface area contributed by atoms with Gasteiger partial charge in [-0.15, -0.1) is 13.2 Å². The van der Waals surface area contributed by atoms with Crippen LogP contribution in [0.25, 0.3) is 0 Å². The minimum absolute atomic E-state index is 0.0487. The summed E-state index contributed by atoms with van der Waals surface area (Å²) in [7, 11) is -1.99. The number of hydrogen-bond acceptors (Lipinski definition) is 7. The number of halogens is 3.